The second-order valence-electron chi connectivity index (χ2n) is 2.72. The average molecular weight is 244 g/mol. The van der Waals surface area contributed by atoms with E-state index in [4.69, 9.17) is 4.74 Å². The first-order valence-corrected chi connectivity index (χ1v) is 5.13. The van der Waals surface area contributed by atoms with Gasteiger partial charge in [0.2, 0.25) is 0 Å². The topological polar surface area (TPSA) is 21.3 Å². The van der Waals surface area contributed by atoms with Crippen LogP contribution in [0.5, 0.6) is 5.75 Å². The molecule has 1 aromatic carbocycles. The van der Waals surface area contributed by atoms with E-state index < -0.39 is 0 Å². The van der Waals surface area contributed by atoms with Gasteiger partial charge in [0.15, 0.2) is 0 Å². The van der Waals surface area contributed by atoms with E-state index in [2.05, 4.69) is 21.2 Å². The van der Waals surface area contributed by atoms with Gasteiger partial charge in [0.25, 0.3) is 0 Å². The van der Waals surface area contributed by atoms with Gasteiger partial charge < -0.3 is 10.1 Å². The highest BCUT2D eigenvalue weighted by Gasteiger charge is 2.00. The van der Waals surface area contributed by atoms with Crippen LogP contribution in [0.3, 0.4) is 0 Å². The largest absolute Gasteiger partial charge is 0.494 e. The van der Waals surface area contributed by atoms with E-state index in [0.717, 1.165) is 16.8 Å². The Kier molecular flexibility index (Phi) is 4.25. The Morgan fingerprint density at radius 2 is 2.23 bits per heavy atom. The minimum absolute atomic E-state index is 0.709. The lowest BCUT2D eigenvalue weighted by Crippen LogP contribution is -2.06. The van der Waals surface area contributed by atoms with Crippen LogP contribution >= 0.6 is 15.9 Å². The van der Waals surface area contributed by atoms with Crippen molar-refractivity contribution in [1.82, 2.24) is 5.32 Å². The zero-order valence-corrected chi connectivity index (χ0v) is 9.52. The molecule has 0 saturated carbocycles. The molecule has 0 fully saturated rings. The molecule has 2 nitrogen and oxygen atoms in total. The van der Waals surface area contributed by atoms with Crippen molar-refractivity contribution in [3.63, 3.8) is 0 Å². The van der Waals surface area contributed by atoms with Crippen molar-refractivity contribution in [2.45, 2.75) is 13.5 Å². The maximum atomic E-state index is 5.40. The van der Waals surface area contributed by atoms with E-state index in [1.807, 2.05) is 32.2 Å². The number of benzene rings is 1. The Morgan fingerprint density at radius 1 is 1.46 bits per heavy atom. The first-order valence-electron chi connectivity index (χ1n) is 4.33. The Balaban J connectivity index is 2.83. The van der Waals surface area contributed by atoms with Crippen molar-refractivity contribution in [2.75, 3.05) is 13.7 Å². The molecule has 0 radical (unpaired) electrons. The Morgan fingerprint density at radius 3 is 2.85 bits per heavy atom. The van der Waals surface area contributed by atoms with Crippen molar-refractivity contribution in [3.05, 3.63) is 28.2 Å². The molecule has 0 aliphatic heterocycles. The highest BCUT2D eigenvalue weighted by Crippen LogP contribution is 2.22. The fourth-order valence-electron chi connectivity index (χ4n) is 1.13. The molecule has 1 aromatic rings. The van der Waals surface area contributed by atoms with E-state index >= 15 is 0 Å². The highest BCUT2D eigenvalue weighted by molar-refractivity contribution is 9.10. The van der Waals surface area contributed by atoms with Gasteiger partial charge in [-0.25, -0.2) is 0 Å². The van der Waals surface area contributed by atoms with Crippen LogP contribution in [0.2, 0.25) is 0 Å². The summed E-state index contributed by atoms with van der Waals surface area (Å²) in [5.74, 6) is 0.927. The van der Waals surface area contributed by atoms with Gasteiger partial charge in [-0.2, -0.15) is 0 Å². The van der Waals surface area contributed by atoms with E-state index in [1.165, 1.54) is 5.56 Å². The molecule has 0 unspecified atom stereocenters. The van der Waals surface area contributed by atoms with Crippen LogP contribution in [0.4, 0.5) is 0 Å². The molecule has 0 atom stereocenters. The van der Waals surface area contributed by atoms with Crippen LogP contribution in [-0.2, 0) is 6.54 Å². The Bertz CT molecular complexity index is 276. The molecule has 1 N–H and O–H groups in total. The summed E-state index contributed by atoms with van der Waals surface area (Å²) in [4.78, 5) is 0. The van der Waals surface area contributed by atoms with Crippen LogP contribution < -0.4 is 10.1 Å². The Hall–Kier alpha value is -0.540. The van der Waals surface area contributed by atoms with Gasteiger partial charge in [-0.15, -0.1) is 0 Å². The third-order valence-electron chi connectivity index (χ3n) is 1.70. The van der Waals surface area contributed by atoms with Gasteiger partial charge in [0.05, 0.1) is 6.61 Å². The molecule has 0 aliphatic rings. The maximum absolute atomic E-state index is 5.40. The van der Waals surface area contributed by atoms with Crippen LogP contribution in [0.15, 0.2) is 22.7 Å². The quantitative estimate of drug-likeness (QED) is 0.878. The number of halogens is 1. The van der Waals surface area contributed by atoms with Crippen molar-refractivity contribution in [3.8, 4) is 5.75 Å². The summed E-state index contributed by atoms with van der Waals surface area (Å²) in [6, 6.07) is 6.02. The lowest BCUT2D eigenvalue weighted by molar-refractivity contribution is 0.340. The van der Waals surface area contributed by atoms with Crippen LogP contribution in [-0.4, -0.2) is 13.7 Å². The van der Waals surface area contributed by atoms with Gasteiger partial charge in [-0.1, -0.05) is 15.9 Å². The third-order valence-corrected chi connectivity index (χ3v) is 2.47. The highest BCUT2D eigenvalue weighted by atomic mass is 79.9. The molecule has 13 heavy (non-hydrogen) atoms. The number of hydrogen-bond acceptors (Lipinski definition) is 2. The molecule has 0 saturated heterocycles. The van der Waals surface area contributed by atoms with Crippen LogP contribution in [0, 0.1) is 0 Å². The lowest BCUT2D eigenvalue weighted by atomic mass is 10.2. The molecule has 0 aromatic heterocycles. The summed E-state index contributed by atoms with van der Waals surface area (Å²) in [6.45, 7) is 3.54. The minimum atomic E-state index is 0.709. The fraction of sp³-hybridized carbons (Fsp3) is 0.400. The molecule has 0 bridgehead atoms. The standard InChI is InChI=1S/C10H14BrNO/c1-3-13-9-4-5-10(11)8(6-9)7-12-2/h4-6,12H,3,7H2,1-2H3. The lowest BCUT2D eigenvalue weighted by Gasteiger charge is -2.07. The molecule has 0 spiro atoms. The van der Waals surface area contributed by atoms with Gasteiger partial charge in [0, 0.05) is 11.0 Å². The van der Waals surface area contributed by atoms with Gasteiger partial charge >= 0.3 is 0 Å². The summed E-state index contributed by atoms with van der Waals surface area (Å²) in [7, 11) is 1.93. The average Bonchev–Trinajstić information content (AvgIpc) is 2.12. The predicted octanol–water partition coefficient (Wildman–Crippen LogP) is 2.57. The van der Waals surface area contributed by atoms with Crippen molar-refractivity contribution in [1.29, 1.82) is 0 Å². The predicted molar refractivity (Wildman–Crippen MR) is 58.1 cm³/mol. The Labute approximate surface area is 87.4 Å². The number of nitrogens with one attached hydrogen (secondary N) is 1. The summed E-state index contributed by atoms with van der Waals surface area (Å²) >= 11 is 3.49. The smallest absolute Gasteiger partial charge is 0.119 e. The monoisotopic (exact) mass is 243 g/mol. The molecule has 0 amide bonds. The molecule has 3 heteroatoms. The molecule has 0 aliphatic carbocycles. The van der Waals surface area contributed by atoms with Crippen LogP contribution in [0.1, 0.15) is 12.5 Å². The first-order chi connectivity index (χ1) is 6.27. The van der Waals surface area contributed by atoms with Crippen molar-refractivity contribution < 1.29 is 4.74 Å². The molecule has 1 rings (SSSR count). The molecular weight excluding hydrogens is 230 g/mol. The number of rotatable bonds is 4. The summed E-state index contributed by atoms with van der Waals surface area (Å²) in [5, 5.41) is 3.11. The first kappa shape index (κ1) is 10.5. The zero-order valence-electron chi connectivity index (χ0n) is 7.93. The summed E-state index contributed by atoms with van der Waals surface area (Å²) in [6.07, 6.45) is 0. The van der Waals surface area contributed by atoms with E-state index in [9.17, 15) is 0 Å². The fourth-order valence-corrected chi connectivity index (χ4v) is 1.52. The SMILES string of the molecule is CCOc1ccc(Br)c(CNC)c1. The number of ether oxygens (including phenoxy) is 1. The summed E-state index contributed by atoms with van der Waals surface area (Å²) in [5.41, 5.74) is 1.22. The van der Waals surface area contributed by atoms with Gasteiger partial charge in [-0.05, 0) is 37.7 Å². The van der Waals surface area contributed by atoms with Gasteiger partial charge in [0.1, 0.15) is 5.75 Å². The van der Waals surface area contributed by atoms with E-state index in [1.54, 1.807) is 0 Å². The van der Waals surface area contributed by atoms with Gasteiger partial charge in [-0.3, -0.25) is 0 Å². The minimum Gasteiger partial charge on any atom is -0.494 e. The second kappa shape index (κ2) is 5.25. The van der Waals surface area contributed by atoms with E-state index in [0.29, 0.717) is 6.61 Å². The summed E-state index contributed by atoms with van der Waals surface area (Å²) < 4.78 is 6.52. The zero-order chi connectivity index (χ0) is 9.68. The van der Waals surface area contributed by atoms with E-state index in [-0.39, 0.29) is 0 Å². The molecular formula is C10H14BrNO. The third kappa shape index (κ3) is 3.01. The van der Waals surface area contributed by atoms with Crippen molar-refractivity contribution >= 4 is 15.9 Å². The van der Waals surface area contributed by atoms with Crippen molar-refractivity contribution in [2.24, 2.45) is 0 Å². The normalized spacial score (nSPS) is 10.1. The van der Waals surface area contributed by atoms with Crippen LogP contribution in [0.25, 0.3) is 0 Å². The molecule has 0 heterocycles. The maximum Gasteiger partial charge on any atom is 0.119 e. The number of hydrogen-bond donors (Lipinski definition) is 1. The molecule has 72 valence electrons. The second-order valence-corrected chi connectivity index (χ2v) is 3.57.